The van der Waals surface area contributed by atoms with Crippen LogP contribution in [0, 0.1) is 0 Å². The van der Waals surface area contributed by atoms with Crippen LogP contribution in [0.3, 0.4) is 0 Å². The molecule has 0 aromatic heterocycles. The zero-order chi connectivity index (χ0) is 15.0. The van der Waals surface area contributed by atoms with Crippen LogP contribution in [0.2, 0.25) is 0 Å². The van der Waals surface area contributed by atoms with Crippen LogP contribution in [0.4, 0.5) is 0 Å². The molecule has 108 valence electrons. The van der Waals surface area contributed by atoms with E-state index in [-0.39, 0.29) is 11.5 Å². The van der Waals surface area contributed by atoms with Gasteiger partial charge in [0.1, 0.15) is 11.5 Å². The lowest BCUT2D eigenvalue weighted by atomic mass is 10.1. The number of hydrogen-bond acceptors (Lipinski definition) is 6. The van der Waals surface area contributed by atoms with Gasteiger partial charge in [0.05, 0.1) is 12.5 Å². The smallest absolute Gasteiger partial charge is 0.306 e. The van der Waals surface area contributed by atoms with E-state index in [2.05, 4.69) is 0 Å². The maximum absolute atomic E-state index is 11.1. The highest BCUT2D eigenvalue weighted by molar-refractivity contribution is 7.86. The molecule has 0 spiro atoms. The number of fused-ring (bicyclic) bond motifs is 1. The maximum Gasteiger partial charge on any atom is 0.306 e. The number of rotatable bonds is 4. The molecule has 0 N–H and O–H groups in total. The van der Waals surface area contributed by atoms with Crippen molar-refractivity contribution in [2.75, 3.05) is 12.5 Å². The lowest BCUT2D eigenvalue weighted by Crippen LogP contribution is -2.06. The summed E-state index contributed by atoms with van der Waals surface area (Å²) in [6.45, 7) is 0. The third-order valence-electron chi connectivity index (χ3n) is 2.28. The summed E-state index contributed by atoms with van der Waals surface area (Å²) in [6.07, 6.45) is 1.89. The first kappa shape index (κ1) is 14.6. The molecule has 0 aliphatic rings. The Hall–Kier alpha value is -1.80. The van der Waals surface area contributed by atoms with Crippen LogP contribution in [0.1, 0.15) is 0 Å². The predicted molar refractivity (Wildman–Crippen MR) is 74.9 cm³/mol. The van der Waals surface area contributed by atoms with Gasteiger partial charge in [-0.05, 0) is 35.0 Å². The molecular weight excluding hydrogens is 304 g/mol. The first-order valence-corrected chi connectivity index (χ1v) is 9.08. The van der Waals surface area contributed by atoms with Gasteiger partial charge in [-0.25, -0.2) is 0 Å². The Bertz CT molecular complexity index is 784. The summed E-state index contributed by atoms with van der Waals surface area (Å²) in [4.78, 5) is 0. The Morgan fingerprint density at radius 2 is 1.10 bits per heavy atom. The van der Waals surface area contributed by atoms with Crippen LogP contribution in [0.25, 0.3) is 10.8 Å². The zero-order valence-corrected chi connectivity index (χ0v) is 12.4. The lowest BCUT2D eigenvalue weighted by Gasteiger charge is -2.07. The summed E-state index contributed by atoms with van der Waals surface area (Å²) < 4.78 is 53.8. The highest BCUT2D eigenvalue weighted by atomic mass is 32.2. The van der Waals surface area contributed by atoms with Crippen LogP contribution in [0.15, 0.2) is 36.4 Å². The van der Waals surface area contributed by atoms with Gasteiger partial charge in [0.25, 0.3) is 0 Å². The van der Waals surface area contributed by atoms with Crippen molar-refractivity contribution in [1.82, 2.24) is 0 Å². The topological polar surface area (TPSA) is 86.7 Å². The highest BCUT2D eigenvalue weighted by Gasteiger charge is 2.08. The molecule has 2 rings (SSSR count). The molecule has 0 unspecified atom stereocenters. The summed E-state index contributed by atoms with van der Waals surface area (Å²) >= 11 is 0. The minimum Gasteiger partial charge on any atom is -0.383 e. The predicted octanol–water partition coefficient (Wildman–Crippen LogP) is 1.52. The second kappa shape index (κ2) is 4.95. The van der Waals surface area contributed by atoms with Gasteiger partial charge in [0.2, 0.25) is 0 Å². The first-order chi connectivity index (χ1) is 9.12. The lowest BCUT2D eigenvalue weighted by molar-refractivity contribution is 0.492. The summed E-state index contributed by atoms with van der Waals surface area (Å²) in [5.41, 5.74) is 0. The van der Waals surface area contributed by atoms with E-state index in [4.69, 9.17) is 8.37 Å². The average Bonchev–Trinajstić information content (AvgIpc) is 2.23. The van der Waals surface area contributed by atoms with E-state index in [0.717, 1.165) is 17.9 Å². The molecule has 0 amide bonds. The Morgan fingerprint density at radius 1 is 0.700 bits per heavy atom. The second-order valence-corrected chi connectivity index (χ2v) is 7.40. The van der Waals surface area contributed by atoms with Gasteiger partial charge in [-0.2, -0.15) is 16.8 Å². The van der Waals surface area contributed by atoms with E-state index in [9.17, 15) is 16.8 Å². The average molecular weight is 316 g/mol. The van der Waals surface area contributed by atoms with Crippen LogP contribution in [-0.2, 0) is 20.2 Å². The normalized spacial score (nSPS) is 12.3. The van der Waals surface area contributed by atoms with Gasteiger partial charge >= 0.3 is 20.2 Å². The monoisotopic (exact) mass is 316 g/mol. The fraction of sp³-hybridized carbons (Fsp3) is 0.167. The van der Waals surface area contributed by atoms with Crippen molar-refractivity contribution in [3.63, 3.8) is 0 Å². The molecule has 2 aromatic rings. The summed E-state index contributed by atoms with van der Waals surface area (Å²) in [6, 6.07) is 9.35. The minimum absolute atomic E-state index is 0.150. The van der Waals surface area contributed by atoms with Crippen molar-refractivity contribution in [2.45, 2.75) is 0 Å². The van der Waals surface area contributed by atoms with E-state index in [1.165, 1.54) is 24.3 Å². The molecule has 0 bridgehead atoms. The van der Waals surface area contributed by atoms with Crippen LogP contribution >= 0.6 is 0 Å². The van der Waals surface area contributed by atoms with Gasteiger partial charge in [-0.15, -0.1) is 0 Å². The molecule has 6 nitrogen and oxygen atoms in total. The van der Waals surface area contributed by atoms with E-state index < -0.39 is 20.2 Å². The van der Waals surface area contributed by atoms with E-state index in [1.54, 1.807) is 12.1 Å². The molecule has 0 atom stereocenters. The molecule has 0 aliphatic heterocycles. The van der Waals surface area contributed by atoms with Crippen molar-refractivity contribution in [1.29, 1.82) is 0 Å². The Labute approximate surface area is 117 Å². The zero-order valence-electron chi connectivity index (χ0n) is 10.7. The SMILES string of the molecule is CS(=O)(=O)Oc1ccc2ccc(OS(C)(=O)=O)cc2c1. The first-order valence-electron chi connectivity index (χ1n) is 5.45. The standard InChI is InChI=1S/C12H12O6S2/c1-19(13,14)17-11-5-3-9-4-6-12(8-10(9)7-11)18-20(2,15)16/h3-8H,1-2H3. The molecule has 0 saturated heterocycles. The maximum atomic E-state index is 11.1. The van der Waals surface area contributed by atoms with E-state index in [0.29, 0.717) is 5.39 Å². The molecule has 0 fully saturated rings. The van der Waals surface area contributed by atoms with Crippen molar-refractivity contribution in [3.8, 4) is 11.5 Å². The molecule has 0 radical (unpaired) electrons. The quantitative estimate of drug-likeness (QED) is 0.795. The summed E-state index contributed by atoms with van der Waals surface area (Å²) in [5, 5.41) is 1.40. The Morgan fingerprint density at radius 3 is 1.45 bits per heavy atom. The van der Waals surface area contributed by atoms with Gasteiger partial charge < -0.3 is 8.37 Å². The molecule has 0 aliphatic carbocycles. The summed E-state index contributed by atoms with van der Waals surface area (Å²) in [7, 11) is -7.22. The number of hydrogen-bond donors (Lipinski definition) is 0. The molecule has 0 saturated carbocycles. The largest absolute Gasteiger partial charge is 0.383 e. The minimum atomic E-state index is -3.61. The van der Waals surface area contributed by atoms with Gasteiger partial charge in [0, 0.05) is 0 Å². The fourth-order valence-corrected chi connectivity index (χ4v) is 2.56. The number of benzene rings is 2. The van der Waals surface area contributed by atoms with E-state index >= 15 is 0 Å². The fourth-order valence-electron chi connectivity index (χ4n) is 1.66. The molecule has 20 heavy (non-hydrogen) atoms. The van der Waals surface area contributed by atoms with Gasteiger partial charge in [-0.3, -0.25) is 0 Å². The molecule has 0 heterocycles. The second-order valence-electron chi connectivity index (χ2n) is 4.25. The van der Waals surface area contributed by atoms with Crippen molar-refractivity contribution < 1.29 is 25.2 Å². The summed E-state index contributed by atoms with van der Waals surface area (Å²) in [5.74, 6) is 0.299. The van der Waals surface area contributed by atoms with Crippen LogP contribution < -0.4 is 8.37 Å². The molecule has 2 aromatic carbocycles. The van der Waals surface area contributed by atoms with Gasteiger partial charge in [0.15, 0.2) is 0 Å². The van der Waals surface area contributed by atoms with Crippen molar-refractivity contribution in [3.05, 3.63) is 36.4 Å². The van der Waals surface area contributed by atoms with Crippen molar-refractivity contribution >= 4 is 31.0 Å². The third-order valence-corrected chi connectivity index (χ3v) is 3.27. The Kier molecular flexibility index (Phi) is 3.61. The van der Waals surface area contributed by atoms with Gasteiger partial charge in [-0.1, -0.05) is 12.1 Å². The van der Waals surface area contributed by atoms with Crippen LogP contribution in [-0.4, -0.2) is 29.3 Å². The molecule has 8 heteroatoms. The molecular formula is C12H12O6S2. The third kappa shape index (κ3) is 4.10. The van der Waals surface area contributed by atoms with E-state index in [1.807, 2.05) is 0 Å². The Balaban J connectivity index is 2.44. The van der Waals surface area contributed by atoms with Crippen molar-refractivity contribution in [2.24, 2.45) is 0 Å². The van der Waals surface area contributed by atoms with Crippen LogP contribution in [0.5, 0.6) is 11.5 Å². The highest BCUT2D eigenvalue weighted by Crippen LogP contribution is 2.26.